The van der Waals surface area contributed by atoms with Gasteiger partial charge in [-0.05, 0) is 97.0 Å². The molecular weight excluding hydrogens is 328 g/mol. The van der Waals surface area contributed by atoms with E-state index in [1.807, 2.05) is 0 Å². The van der Waals surface area contributed by atoms with Crippen LogP contribution in [0.1, 0.15) is 62.3 Å². The highest BCUT2D eigenvalue weighted by molar-refractivity contribution is 6.49. The van der Waals surface area contributed by atoms with Gasteiger partial charge in [0.2, 0.25) is 9.04 Å². The molecule has 1 fully saturated rings. The first-order valence-electron chi connectivity index (χ1n) is 9.70. The molecule has 0 amide bonds. The highest BCUT2D eigenvalue weighted by atomic mass is 28.3. The summed E-state index contributed by atoms with van der Waals surface area (Å²) in [7, 11) is -1.12. The SMILES string of the molecule is Cc1c(C)c2c(c(C)c1O[SiH](C)C)CC[C@](C)(CCC1OC1(C)C)O2. The summed E-state index contributed by atoms with van der Waals surface area (Å²) in [5, 5.41) is 0. The van der Waals surface area contributed by atoms with Crippen molar-refractivity contribution in [3.05, 3.63) is 22.3 Å². The molecule has 3 rings (SSSR count). The second-order valence-corrected chi connectivity index (χ2v) is 11.3. The molecule has 2 atom stereocenters. The van der Waals surface area contributed by atoms with Gasteiger partial charge in [-0.25, -0.2) is 0 Å². The molecule has 1 saturated heterocycles. The van der Waals surface area contributed by atoms with Crippen LogP contribution in [0.15, 0.2) is 0 Å². The fourth-order valence-electron chi connectivity index (χ4n) is 4.05. The molecule has 140 valence electrons. The molecule has 1 aromatic rings. The Kier molecular flexibility index (Phi) is 4.74. The average Bonchev–Trinajstić information content (AvgIpc) is 3.14. The molecule has 25 heavy (non-hydrogen) atoms. The van der Waals surface area contributed by atoms with Gasteiger partial charge in [-0.3, -0.25) is 0 Å². The van der Waals surface area contributed by atoms with Crippen molar-refractivity contribution >= 4 is 9.04 Å². The van der Waals surface area contributed by atoms with E-state index in [2.05, 4.69) is 54.6 Å². The second-order valence-electron chi connectivity index (χ2n) is 8.98. The first kappa shape index (κ1) is 18.8. The van der Waals surface area contributed by atoms with Crippen LogP contribution in [0.4, 0.5) is 0 Å². The maximum absolute atomic E-state index is 6.62. The highest BCUT2D eigenvalue weighted by Gasteiger charge is 2.48. The van der Waals surface area contributed by atoms with Crippen molar-refractivity contribution in [1.82, 2.24) is 0 Å². The molecule has 1 unspecified atom stereocenters. The maximum atomic E-state index is 6.62. The molecule has 3 nitrogen and oxygen atoms in total. The zero-order chi connectivity index (χ0) is 18.6. The zero-order valence-electron chi connectivity index (χ0n) is 17.2. The molecule has 1 aromatic carbocycles. The molecule has 0 radical (unpaired) electrons. The van der Waals surface area contributed by atoms with E-state index < -0.39 is 9.04 Å². The summed E-state index contributed by atoms with van der Waals surface area (Å²) < 4.78 is 18.6. The summed E-state index contributed by atoms with van der Waals surface area (Å²) in [5.41, 5.74) is 5.11. The lowest BCUT2D eigenvalue weighted by atomic mass is 9.84. The molecule has 2 aliphatic heterocycles. The predicted molar refractivity (Wildman–Crippen MR) is 106 cm³/mol. The van der Waals surface area contributed by atoms with Crippen LogP contribution >= 0.6 is 0 Å². The fourth-order valence-corrected chi connectivity index (χ4v) is 4.87. The van der Waals surface area contributed by atoms with Crippen molar-refractivity contribution in [2.45, 2.75) is 97.6 Å². The monoisotopic (exact) mass is 362 g/mol. The largest absolute Gasteiger partial charge is 0.547 e. The Hall–Kier alpha value is -1.00. The summed E-state index contributed by atoms with van der Waals surface area (Å²) >= 11 is 0. The molecule has 0 spiro atoms. The zero-order valence-corrected chi connectivity index (χ0v) is 18.4. The summed E-state index contributed by atoms with van der Waals surface area (Å²) in [6.45, 7) is 17.6. The smallest absolute Gasteiger partial charge is 0.229 e. The van der Waals surface area contributed by atoms with Crippen LogP contribution in [0, 0.1) is 20.8 Å². The highest BCUT2D eigenvalue weighted by Crippen LogP contribution is 2.46. The van der Waals surface area contributed by atoms with Gasteiger partial charge in [0.05, 0.1) is 11.7 Å². The number of epoxide rings is 1. The minimum Gasteiger partial charge on any atom is -0.547 e. The lowest BCUT2D eigenvalue weighted by Crippen LogP contribution is -2.37. The molecule has 0 aromatic heterocycles. The molecule has 0 N–H and O–H groups in total. The van der Waals surface area contributed by atoms with Crippen LogP contribution in [-0.4, -0.2) is 26.3 Å². The summed E-state index contributed by atoms with van der Waals surface area (Å²) in [6, 6.07) is 0. The van der Waals surface area contributed by atoms with Crippen LogP contribution < -0.4 is 9.16 Å². The Bertz CT molecular complexity index is 680. The Morgan fingerprint density at radius 2 is 1.72 bits per heavy atom. The van der Waals surface area contributed by atoms with Crippen molar-refractivity contribution in [2.75, 3.05) is 0 Å². The van der Waals surface area contributed by atoms with Gasteiger partial charge >= 0.3 is 0 Å². The Labute approximate surface area is 154 Å². The standard InChI is InChI=1S/C21H34O3Si/c1-13-14(2)19-16(15(3)18(13)24-25(7)8)9-11-21(6,23-19)12-10-17-20(4,5)22-17/h17,25H,9-12H2,1-8H3/t17?,21-/m1/s1. The Morgan fingerprint density at radius 1 is 1.08 bits per heavy atom. The van der Waals surface area contributed by atoms with Gasteiger partial charge < -0.3 is 13.9 Å². The van der Waals surface area contributed by atoms with Crippen LogP contribution in [0.2, 0.25) is 13.1 Å². The third-order valence-electron chi connectivity index (χ3n) is 6.02. The topological polar surface area (TPSA) is 31.0 Å². The normalized spacial score (nSPS) is 27.0. The van der Waals surface area contributed by atoms with E-state index >= 15 is 0 Å². The van der Waals surface area contributed by atoms with Gasteiger partial charge in [0.15, 0.2) is 0 Å². The molecule has 0 bridgehead atoms. The molecule has 4 heteroatoms. The minimum absolute atomic E-state index is 0.0685. The van der Waals surface area contributed by atoms with Crippen molar-refractivity contribution in [3.63, 3.8) is 0 Å². The quantitative estimate of drug-likeness (QED) is 0.544. The van der Waals surface area contributed by atoms with E-state index in [-0.39, 0.29) is 11.2 Å². The van der Waals surface area contributed by atoms with Gasteiger partial charge in [0.1, 0.15) is 17.1 Å². The lowest BCUT2D eigenvalue weighted by molar-refractivity contribution is 0.0508. The average molecular weight is 363 g/mol. The molecule has 0 saturated carbocycles. The van der Waals surface area contributed by atoms with Gasteiger partial charge in [0, 0.05) is 5.56 Å². The van der Waals surface area contributed by atoms with Crippen molar-refractivity contribution in [1.29, 1.82) is 0 Å². The maximum Gasteiger partial charge on any atom is 0.229 e. The molecular formula is C21H34O3Si. The third kappa shape index (κ3) is 3.61. The summed E-state index contributed by atoms with van der Waals surface area (Å²) in [6.07, 6.45) is 4.66. The van der Waals surface area contributed by atoms with E-state index in [1.165, 1.54) is 22.3 Å². The molecule has 2 aliphatic rings. The van der Waals surface area contributed by atoms with E-state index in [1.54, 1.807) is 0 Å². The van der Waals surface area contributed by atoms with E-state index in [4.69, 9.17) is 13.9 Å². The molecule has 2 heterocycles. The summed E-state index contributed by atoms with van der Waals surface area (Å²) in [4.78, 5) is 0. The van der Waals surface area contributed by atoms with E-state index in [0.717, 1.165) is 37.2 Å². The van der Waals surface area contributed by atoms with Gasteiger partial charge in [-0.1, -0.05) is 0 Å². The second kappa shape index (κ2) is 6.31. The van der Waals surface area contributed by atoms with Crippen molar-refractivity contribution < 1.29 is 13.9 Å². The van der Waals surface area contributed by atoms with Crippen LogP contribution in [0.3, 0.4) is 0 Å². The van der Waals surface area contributed by atoms with Crippen LogP contribution in [-0.2, 0) is 11.2 Å². The van der Waals surface area contributed by atoms with Gasteiger partial charge in [-0.2, -0.15) is 0 Å². The van der Waals surface area contributed by atoms with Crippen LogP contribution in [0.25, 0.3) is 0 Å². The van der Waals surface area contributed by atoms with Crippen molar-refractivity contribution in [3.8, 4) is 11.5 Å². The number of fused-ring (bicyclic) bond motifs is 1. The number of rotatable bonds is 5. The number of hydrogen-bond acceptors (Lipinski definition) is 3. The predicted octanol–water partition coefficient (Wildman–Crippen LogP) is 5.02. The number of benzene rings is 1. The molecule has 0 aliphatic carbocycles. The lowest BCUT2D eigenvalue weighted by Gasteiger charge is -2.38. The number of hydrogen-bond donors (Lipinski definition) is 0. The first-order valence-corrected chi connectivity index (χ1v) is 12.5. The number of ether oxygens (including phenoxy) is 2. The van der Waals surface area contributed by atoms with Gasteiger partial charge in [0.25, 0.3) is 0 Å². The Morgan fingerprint density at radius 3 is 2.28 bits per heavy atom. The van der Waals surface area contributed by atoms with Crippen LogP contribution in [0.5, 0.6) is 11.5 Å². The van der Waals surface area contributed by atoms with E-state index in [0.29, 0.717) is 6.10 Å². The van der Waals surface area contributed by atoms with Gasteiger partial charge in [-0.15, -0.1) is 0 Å². The minimum atomic E-state index is -1.12. The van der Waals surface area contributed by atoms with Crippen molar-refractivity contribution in [2.24, 2.45) is 0 Å². The van der Waals surface area contributed by atoms with E-state index in [9.17, 15) is 0 Å². The fraction of sp³-hybridized carbons (Fsp3) is 0.714. The third-order valence-corrected chi connectivity index (χ3v) is 6.72. The Balaban J connectivity index is 1.83. The summed E-state index contributed by atoms with van der Waals surface area (Å²) in [5.74, 6) is 2.22. The first-order chi connectivity index (χ1) is 11.5.